The van der Waals surface area contributed by atoms with Crippen molar-refractivity contribution in [2.75, 3.05) is 13.2 Å². The number of thioether (sulfide) groups is 1. The number of carbonyl (C=O) groups is 1. The number of aromatic nitrogens is 3. The third kappa shape index (κ3) is 9.92. The van der Waals surface area contributed by atoms with Gasteiger partial charge in [0.2, 0.25) is 0 Å². The number of aryl methyl sites for hydroxylation is 2. The van der Waals surface area contributed by atoms with Crippen molar-refractivity contribution in [1.29, 1.82) is 0 Å². The molecule has 0 aliphatic carbocycles. The molecule has 2 aromatic rings. The number of esters is 1. The van der Waals surface area contributed by atoms with Crippen molar-refractivity contribution in [2.24, 2.45) is 7.05 Å². The topological polar surface area (TPSA) is 92.4 Å². The maximum atomic E-state index is 12.4. The zero-order valence-corrected chi connectivity index (χ0v) is 22.3. The van der Waals surface area contributed by atoms with Crippen molar-refractivity contribution in [1.82, 2.24) is 14.3 Å². The Hall–Kier alpha value is -2.55. The van der Waals surface area contributed by atoms with Gasteiger partial charge < -0.3 is 9.47 Å². The minimum absolute atomic E-state index is 0.0274. The van der Waals surface area contributed by atoms with Crippen LogP contribution in [0.3, 0.4) is 0 Å². The number of rotatable bonds is 16. The SMILES string of the molecule is CCCCCCCn1nc(OCCCc2cccc(SC(C)COC(=O)CC)c2)c(=O)n(C)c1=O. The van der Waals surface area contributed by atoms with Crippen LogP contribution < -0.4 is 16.0 Å². The molecule has 0 N–H and O–H groups in total. The molecule has 1 atom stereocenters. The summed E-state index contributed by atoms with van der Waals surface area (Å²) < 4.78 is 13.3. The van der Waals surface area contributed by atoms with Gasteiger partial charge in [0.15, 0.2) is 0 Å². The lowest BCUT2D eigenvalue weighted by Crippen LogP contribution is -2.40. The molecule has 0 spiro atoms. The summed E-state index contributed by atoms with van der Waals surface area (Å²) in [6.45, 7) is 7.18. The first-order valence-electron chi connectivity index (χ1n) is 12.6. The molecular weight excluding hydrogens is 466 g/mol. The van der Waals surface area contributed by atoms with Gasteiger partial charge in [-0.05, 0) is 43.9 Å². The van der Waals surface area contributed by atoms with E-state index < -0.39 is 11.2 Å². The van der Waals surface area contributed by atoms with Crippen LogP contribution in [0.4, 0.5) is 0 Å². The summed E-state index contributed by atoms with van der Waals surface area (Å²) in [6.07, 6.45) is 7.22. The highest BCUT2D eigenvalue weighted by Crippen LogP contribution is 2.24. The van der Waals surface area contributed by atoms with Gasteiger partial charge in [0.05, 0.1) is 6.61 Å². The summed E-state index contributed by atoms with van der Waals surface area (Å²) in [5.41, 5.74) is 0.244. The summed E-state index contributed by atoms with van der Waals surface area (Å²) in [5.74, 6) is -0.210. The van der Waals surface area contributed by atoms with Gasteiger partial charge in [-0.3, -0.25) is 14.2 Å². The Bertz CT molecular complexity index is 1050. The van der Waals surface area contributed by atoms with Crippen LogP contribution in [0.25, 0.3) is 0 Å². The molecule has 9 heteroatoms. The third-order valence-electron chi connectivity index (χ3n) is 5.53. The molecular formula is C26H39N3O5S. The second-order valence-corrected chi connectivity index (χ2v) is 10.2. The average molecular weight is 506 g/mol. The molecule has 0 saturated heterocycles. The number of hydrogen-bond acceptors (Lipinski definition) is 7. The molecule has 0 bridgehead atoms. The molecule has 1 aromatic carbocycles. The summed E-state index contributed by atoms with van der Waals surface area (Å²) in [6, 6.07) is 8.24. The lowest BCUT2D eigenvalue weighted by Gasteiger charge is -2.12. The Kier molecular flexibility index (Phi) is 12.7. The number of hydrogen-bond donors (Lipinski definition) is 0. The van der Waals surface area contributed by atoms with Gasteiger partial charge in [0.25, 0.3) is 5.88 Å². The molecule has 1 aromatic heterocycles. The smallest absolute Gasteiger partial charge is 0.347 e. The molecule has 194 valence electrons. The molecule has 8 nitrogen and oxygen atoms in total. The average Bonchev–Trinajstić information content (AvgIpc) is 2.85. The van der Waals surface area contributed by atoms with E-state index in [1.807, 2.05) is 19.1 Å². The van der Waals surface area contributed by atoms with E-state index in [4.69, 9.17) is 9.47 Å². The second kappa shape index (κ2) is 15.4. The van der Waals surface area contributed by atoms with Crippen LogP contribution in [-0.2, 0) is 29.5 Å². The van der Waals surface area contributed by atoms with Crippen LogP contribution in [0.2, 0.25) is 0 Å². The van der Waals surface area contributed by atoms with Crippen molar-refractivity contribution >= 4 is 17.7 Å². The van der Waals surface area contributed by atoms with Gasteiger partial charge >= 0.3 is 17.2 Å². The first-order chi connectivity index (χ1) is 16.8. The summed E-state index contributed by atoms with van der Waals surface area (Å²) in [5, 5.41) is 4.35. The molecule has 0 radical (unpaired) electrons. The van der Waals surface area contributed by atoms with E-state index in [0.29, 0.717) is 32.6 Å². The van der Waals surface area contributed by atoms with Crippen molar-refractivity contribution in [3.63, 3.8) is 0 Å². The van der Waals surface area contributed by atoms with Gasteiger partial charge in [-0.25, -0.2) is 9.48 Å². The lowest BCUT2D eigenvalue weighted by molar-refractivity contribution is -0.143. The molecule has 0 saturated carbocycles. The Morgan fingerprint density at radius 2 is 1.89 bits per heavy atom. The number of benzene rings is 1. The predicted octanol–water partition coefficient (Wildman–Crippen LogP) is 4.36. The summed E-state index contributed by atoms with van der Waals surface area (Å²) >= 11 is 1.67. The molecule has 0 amide bonds. The normalized spacial score (nSPS) is 11.9. The van der Waals surface area contributed by atoms with Gasteiger partial charge in [-0.1, -0.05) is 51.7 Å². The molecule has 0 fully saturated rings. The van der Waals surface area contributed by atoms with Crippen LogP contribution in [0.5, 0.6) is 5.88 Å². The first-order valence-corrected chi connectivity index (χ1v) is 13.5. The van der Waals surface area contributed by atoms with Gasteiger partial charge in [0.1, 0.15) is 6.61 Å². The van der Waals surface area contributed by atoms with E-state index in [9.17, 15) is 14.4 Å². The van der Waals surface area contributed by atoms with E-state index in [-0.39, 0.29) is 17.1 Å². The standard InChI is InChI=1S/C26H39N3O5S/c1-5-7-8-9-10-16-29-26(32)28(4)25(31)24(27-29)33-17-12-14-21-13-11-15-22(18-21)35-20(3)19-34-23(30)6-2/h11,13,15,18,20H,5-10,12,14,16-17,19H2,1-4H3. The van der Waals surface area contributed by atoms with E-state index >= 15 is 0 Å². The monoisotopic (exact) mass is 505 g/mol. The zero-order chi connectivity index (χ0) is 25.6. The Labute approximate surface area is 212 Å². The van der Waals surface area contributed by atoms with Gasteiger partial charge in [0, 0.05) is 30.2 Å². The fourth-order valence-corrected chi connectivity index (χ4v) is 4.48. The second-order valence-electron chi connectivity index (χ2n) is 8.65. The predicted molar refractivity (Wildman–Crippen MR) is 139 cm³/mol. The maximum absolute atomic E-state index is 12.4. The largest absolute Gasteiger partial charge is 0.473 e. The van der Waals surface area contributed by atoms with Crippen LogP contribution in [-0.4, -0.2) is 38.8 Å². The fraction of sp³-hybridized carbons (Fsp3) is 0.615. The fourth-order valence-electron chi connectivity index (χ4n) is 3.50. The third-order valence-corrected chi connectivity index (χ3v) is 6.60. The summed E-state index contributed by atoms with van der Waals surface area (Å²) in [4.78, 5) is 37.2. The molecule has 1 unspecified atom stereocenters. The highest BCUT2D eigenvalue weighted by Gasteiger charge is 2.12. The van der Waals surface area contributed by atoms with Gasteiger partial charge in [-0.2, -0.15) is 0 Å². The maximum Gasteiger partial charge on any atom is 0.347 e. The summed E-state index contributed by atoms with van der Waals surface area (Å²) in [7, 11) is 1.46. The quantitative estimate of drug-likeness (QED) is 0.190. The molecule has 35 heavy (non-hydrogen) atoms. The van der Waals surface area contributed by atoms with Crippen LogP contribution in [0, 0.1) is 0 Å². The van der Waals surface area contributed by atoms with Crippen LogP contribution >= 0.6 is 11.8 Å². The Morgan fingerprint density at radius 1 is 1.11 bits per heavy atom. The number of ether oxygens (including phenoxy) is 2. The minimum atomic E-state index is -0.506. The highest BCUT2D eigenvalue weighted by atomic mass is 32.2. The molecule has 1 heterocycles. The molecule has 2 rings (SSSR count). The van der Waals surface area contributed by atoms with Crippen LogP contribution in [0.1, 0.15) is 71.3 Å². The van der Waals surface area contributed by atoms with E-state index in [1.165, 1.54) is 18.2 Å². The molecule has 0 aliphatic heterocycles. The van der Waals surface area contributed by atoms with E-state index in [1.54, 1.807) is 18.7 Å². The minimum Gasteiger partial charge on any atom is -0.473 e. The van der Waals surface area contributed by atoms with E-state index in [2.05, 4.69) is 24.2 Å². The zero-order valence-electron chi connectivity index (χ0n) is 21.5. The van der Waals surface area contributed by atoms with E-state index in [0.717, 1.165) is 47.1 Å². The lowest BCUT2D eigenvalue weighted by atomic mass is 10.1. The van der Waals surface area contributed by atoms with Crippen molar-refractivity contribution in [2.45, 2.75) is 88.8 Å². The van der Waals surface area contributed by atoms with Crippen LogP contribution in [0.15, 0.2) is 38.8 Å². The highest BCUT2D eigenvalue weighted by molar-refractivity contribution is 8.00. The Morgan fingerprint density at radius 3 is 2.63 bits per heavy atom. The van der Waals surface area contributed by atoms with Crippen molar-refractivity contribution in [3.05, 3.63) is 50.7 Å². The number of nitrogens with zero attached hydrogens (tertiary/aromatic N) is 3. The van der Waals surface area contributed by atoms with Crippen molar-refractivity contribution < 1.29 is 14.3 Å². The first kappa shape index (κ1) is 28.7. The van der Waals surface area contributed by atoms with Crippen molar-refractivity contribution in [3.8, 4) is 5.88 Å². The van der Waals surface area contributed by atoms with Gasteiger partial charge in [-0.15, -0.1) is 16.9 Å². The molecule has 0 aliphatic rings. The number of unbranched alkanes of at least 4 members (excludes halogenated alkanes) is 4. The number of carbonyl (C=O) groups excluding carboxylic acids is 1. The Balaban J connectivity index is 1.86.